The summed E-state index contributed by atoms with van der Waals surface area (Å²) < 4.78 is 0. The fourth-order valence-electron chi connectivity index (χ4n) is 1.18. The molecule has 1 aromatic heterocycles. The second-order valence-corrected chi connectivity index (χ2v) is 4.31. The standard InChI is InChI=1S/C12H9N3S.C2H6/c13-7-10-3-6-12(8-15-10)16-11-4-1-9(14)2-5-11;1-2/h1-6,8H,14H2;1-2H3. The molecule has 4 heteroatoms. The number of hydrogen-bond donors (Lipinski definition) is 1. The summed E-state index contributed by atoms with van der Waals surface area (Å²) in [6.07, 6.45) is 1.69. The minimum absolute atomic E-state index is 0.432. The Kier molecular flexibility index (Phi) is 5.75. The number of benzene rings is 1. The van der Waals surface area contributed by atoms with E-state index in [-0.39, 0.29) is 0 Å². The highest BCUT2D eigenvalue weighted by molar-refractivity contribution is 7.99. The first-order chi connectivity index (χ1) is 8.78. The van der Waals surface area contributed by atoms with E-state index in [4.69, 9.17) is 11.0 Å². The Balaban J connectivity index is 0.000000771. The van der Waals surface area contributed by atoms with Gasteiger partial charge in [0.2, 0.25) is 0 Å². The van der Waals surface area contributed by atoms with E-state index in [9.17, 15) is 0 Å². The minimum Gasteiger partial charge on any atom is -0.399 e. The summed E-state index contributed by atoms with van der Waals surface area (Å²) in [5.74, 6) is 0. The third kappa shape index (κ3) is 4.11. The molecular formula is C14H15N3S. The molecule has 2 aromatic rings. The zero-order chi connectivity index (χ0) is 13.4. The molecule has 0 radical (unpaired) electrons. The molecule has 2 rings (SSSR count). The van der Waals surface area contributed by atoms with Gasteiger partial charge in [0.1, 0.15) is 11.8 Å². The molecule has 0 fully saturated rings. The van der Waals surface area contributed by atoms with Gasteiger partial charge >= 0.3 is 0 Å². The molecule has 0 aliphatic heterocycles. The Morgan fingerprint density at radius 1 is 1.06 bits per heavy atom. The van der Waals surface area contributed by atoms with Crippen LogP contribution in [0.4, 0.5) is 5.69 Å². The number of hydrogen-bond acceptors (Lipinski definition) is 4. The van der Waals surface area contributed by atoms with Gasteiger partial charge in [-0.2, -0.15) is 5.26 Å². The number of rotatable bonds is 2. The normalized spacial score (nSPS) is 8.94. The molecule has 0 unspecified atom stereocenters. The molecule has 0 spiro atoms. The topological polar surface area (TPSA) is 62.7 Å². The first kappa shape index (κ1) is 14.1. The zero-order valence-corrected chi connectivity index (χ0v) is 11.2. The van der Waals surface area contributed by atoms with Crippen LogP contribution in [0.2, 0.25) is 0 Å². The molecular weight excluding hydrogens is 242 g/mol. The molecule has 3 nitrogen and oxygen atoms in total. The Bertz CT molecular complexity index is 512. The van der Waals surface area contributed by atoms with E-state index in [1.807, 2.05) is 50.2 Å². The van der Waals surface area contributed by atoms with Gasteiger partial charge < -0.3 is 5.73 Å². The third-order valence-electron chi connectivity index (χ3n) is 1.97. The van der Waals surface area contributed by atoms with Crippen molar-refractivity contribution in [3.05, 3.63) is 48.3 Å². The van der Waals surface area contributed by atoms with E-state index in [1.165, 1.54) is 0 Å². The molecule has 0 aliphatic rings. The number of nitrogens with zero attached hydrogens (tertiary/aromatic N) is 2. The first-order valence-corrected chi connectivity index (χ1v) is 6.49. The van der Waals surface area contributed by atoms with Crippen LogP contribution in [0.1, 0.15) is 19.5 Å². The molecule has 0 saturated carbocycles. The van der Waals surface area contributed by atoms with Crippen molar-refractivity contribution in [2.24, 2.45) is 0 Å². The highest BCUT2D eigenvalue weighted by Gasteiger charge is 1.98. The van der Waals surface area contributed by atoms with Crippen LogP contribution in [0.25, 0.3) is 0 Å². The third-order valence-corrected chi connectivity index (χ3v) is 2.95. The molecule has 1 aromatic carbocycles. The van der Waals surface area contributed by atoms with Crippen LogP contribution < -0.4 is 5.73 Å². The smallest absolute Gasteiger partial charge is 0.140 e. The number of nitriles is 1. The monoisotopic (exact) mass is 257 g/mol. The highest BCUT2D eigenvalue weighted by Crippen LogP contribution is 2.27. The number of aromatic nitrogens is 1. The highest BCUT2D eigenvalue weighted by atomic mass is 32.2. The van der Waals surface area contributed by atoms with Gasteiger partial charge in [-0.3, -0.25) is 0 Å². The van der Waals surface area contributed by atoms with Gasteiger partial charge in [-0.05, 0) is 36.4 Å². The molecule has 92 valence electrons. The quantitative estimate of drug-likeness (QED) is 0.833. The molecule has 2 N–H and O–H groups in total. The van der Waals surface area contributed by atoms with Crippen molar-refractivity contribution in [2.75, 3.05) is 5.73 Å². The molecule has 1 heterocycles. The fourth-order valence-corrected chi connectivity index (χ4v) is 1.96. The molecule has 0 atom stereocenters. The maximum Gasteiger partial charge on any atom is 0.140 e. The van der Waals surface area contributed by atoms with Crippen molar-refractivity contribution in [3.8, 4) is 6.07 Å². The molecule has 0 aliphatic carbocycles. The summed E-state index contributed by atoms with van der Waals surface area (Å²) in [7, 11) is 0. The summed E-state index contributed by atoms with van der Waals surface area (Å²) in [6.45, 7) is 4.00. The fraction of sp³-hybridized carbons (Fsp3) is 0.143. The predicted octanol–water partition coefficient (Wildman–Crippen LogP) is 3.71. The van der Waals surface area contributed by atoms with E-state index >= 15 is 0 Å². The average Bonchev–Trinajstić information content (AvgIpc) is 2.44. The van der Waals surface area contributed by atoms with Crippen LogP contribution in [0.3, 0.4) is 0 Å². The number of nitrogen functional groups attached to an aromatic ring is 1. The second-order valence-electron chi connectivity index (χ2n) is 3.16. The van der Waals surface area contributed by atoms with Gasteiger partial charge in [-0.25, -0.2) is 4.98 Å². The minimum atomic E-state index is 0.432. The van der Waals surface area contributed by atoms with Gasteiger partial charge in [0.25, 0.3) is 0 Å². The van der Waals surface area contributed by atoms with Gasteiger partial charge in [0, 0.05) is 21.7 Å². The van der Waals surface area contributed by atoms with Crippen LogP contribution in [-0.2, 0) is 0 Å². The lowest BCUT2D eigenvalue weighted by Gasteiger charge is -2.01. The summed E-state index contributed by atoms with van der Waals surface area (Å²) >= 11 is 1.59. The summed E-state index contributed by atoms with van der Waals surface area (Å²) in [6, 6.07) is 13.2. The Morgan fingerprint density at radius 3 is 2.17 bits per heavy atom. The van der Waals surface area contributed by atoms with Crippen molar-refractivity contribution in [1.82, 2.24) is 4.98 Å². The largest absolute Gasteiger partial charge is 0.399 e. The van der Waals surface area contributed by atoms with E-state index in [0.29, 0.717) is 5.69 Å². The van der Waals surface area contributed by atoms with Crippen LogP contribution in [0.5, 0.6) is 0 Å². The Hall–Kier alpha value is -1.99. The summed E-state index contributed by atoms with van der Waals surface area (Å²) in [5.41, 5.74) is 6.78. The van der Waals surface area contributed by atoms with E-state index in [1.54, 1.807) is 24.0 Å². The van der Waals surface area contributed by atoms with Gasteiger partial charge in [0.15, 0.2) is 0 Å². The van der Waals surface area contributed by atoms with Crippen LogP contribution in [-0.4, -0.2) is 4.98 Å². The maximum absolute atomic E-state index is 8.62. The Morgan fingerprint density at radius 2 is 1.67 bits per heavy atom. The van der Waals surface area contributed by atoms with E-state index in [2.05, 4.69) is 4.98 Å². The van der Waals surface area contributed by atoms with Crippen LogP contribution in [0.15, 0.2) is 52.4 Å². The molecule has 0 saturated heterocycles. The van der Waals surface area contributed by atoms with Crippen molar-refractivity contribution in [2.45, 2.75) is 23.6 Å². The lowest BCUT2D eigenvalue weighted by Crippen LogP contribution is -1.84. The second kappa shape index (κ2) is 7.36. The average molecular weight is 257 g/mol. The maximum atomic E-state index is 8.62. The summed E-state index contributed by atoms with van der Waals surface area (Å²) in [5, 5.41) is 8.62. The van der Waals surface area contributed by atoms with Gasteiger partial charge in [-0.1, -0.05) is 25.6 Å². The summed E-state index contributed by atoms with van der Waals surface area (Å²) in [4.78, 5) is 6.11. The zero-order valence-electron chi connectivity index (χ0n) is 10.4. The lowest BCUT2D eigenvalue weighted by molar-refractivity contribution is 1.19. The molecule has 0 bridgehead atoms. The first-order valence-electron chi connectivity index (χ1n) is 5.67. The molecule has 0 amide bonds. The molecule has 18 heavy (non-hydrogen) atoms. The Labute approximate surface area is 112 Å². The van der Waals surface area contributed by atoms with Crippen molar-refractivity contribution in [1.29, 1.82) is 5.26 Å². The number of nitrogens with two attached hydrogens (primary N) is 1. The van der Waals surface area contributed by atoms with Crippen molar-refractivity contribution in [3.63, 3.8) is 0 Å². The van der Waals surface area contributed by atoms with Gasteiger partial charge in [-0.15, -0.1) is 0 Å². The van der Waals surface area contributed by atoms with Crippen LogP contribution in [0, 0.1) is 11.3 Å². The number of pyridine rings is 1. The van der Waals surface area contributed by atoms with Crippen molar-refractivity contribution >= 4 is 17.4 Å². The SMILES string of the molecule is CC.N#Cc1ccc(Sc2ccc(N)cc2)cn1. The van der Waals surface area contributed by atoms with Crippen molar-refractivity contribution < 1.29 is 0 Å². The predicted molar refractivity (Wildman–Crippen MR) is 75.3 cm³/mol. The lowest BCUT2D eigenvalue weighted by atomic mass is 10.3. The van der Waals surface area contributed by atoms with E-state index in [0.717, 1.165) is 15.5 Å². The van der Waals surface area contributed by atoms with Crippen LogP contribution >= 0.6 is 11.8 Å². The number of anilines is 1. The van der Waals surface area contributed by atoms with Gasteiger partial charge in [0.05, 0.1) is 0 Å². The van der Waals surface area contributed by atoms with E-state index < -0.39 is 0 Å².